The normalized spacial score (nSPS) is 26.1. The van der Waals surface area contributed by atoms with Gasteiger partial charge < -0.3 is 10.0 Å². The van der Waals surface area contributed by atoms with E-state index in [1.807, 2.05) is 17.9 Å². The van der Waals surface area contributed by atoms with E-state index >= 15 is 0 Å². The van der Waals surface area contributed by atoms with Gasteiger partial charge in [0.2, 0.25) is 0 Å². The molecule has 3 rings (SSSR count). The second-order valence-electron chi connectivity index (χ2n) is 6.37. The number of benzene rings is 1. The fraction of sp³-hybridized carbons (Fsp3) is 0.588. The first-order valence-electron chi connectivity index (χ1n) is 7.74. The summed E-state index contributed by atoms with van der Waals surface area (Å²) in [5, 5.41) is 9.98. The van der Waals surface area contributed by atoms with Gasteiger partial charge >= 0.3 is 0 Å². The second-order valence-corrected chi connectivity index (χ2v) is 6.37. The summed E-state index contributed by atoms with van der Waals surface area (Å²) in [4.78, 5) is 14.5. The first kappa shape index (κ1) is 13.5. The van der Waals surface area contributed by atoms with Gasteiger partial charge in [0.25, 0.3) is 5.91 Å². The SMILES string of the molecule is Cc1ccc(C(=O)N2CCC3CCCCC3C2)c(O)c1. The van der Waals surface area contributed by atoms with Crippen LogP contribution in [0.4, 0.5) is 0 Å². The van der Waals surface area contributed by atoms with E-state index in [1.165, 1.54) is 25.7 Å². The monoisotopic (exact) mass is 273 g/mol. The van der Waals surface area contributed by atoms with Crippen LogP contribution in [-0.2, 0) is 0 Å². The maximum atomic E-state index is 12.6. The van der Waals surface area contributed by atoms with Crippen molar-refractivity contribution in [1.82, 2.24) is 4.90 Å². The van der Waals surface area contributed by atoms with Crippen molar-refractivity contribution in [3.8, 4) is 5.75 Å². The standard InChI is InChI=1S/C17H23NO2/c1-12-6-7-15(16(19)10-12)17(20)18-9-8-13-4-2-3-5-14(13)11-18/h6-7,10,13-14,19H,2-5,8-9,11H2,1H3. The number of rotatable bonds is 1. The Morgan fingerprint density at radius 1 is 1.20 bits per heavy atom. The van der Waals surface area contributed by atoms with Gasteiger partial charge in [0.15, 0.2) is 0 Å². The summed E-state index contributed by atoms with van der Waals surface area (Å²) in [5.74, 6) is 1.60. The minimum atomic E-state index is -0.00785. The van der Waals surface area contributed by atoms with Crippen molar-refractivity contribution in [1.29, 1.82) is 0 Å². The maximum absolute atomic E-state index is 12.6. The van der Waals surface area contributed by atoms with Crippen LogP contribution in [0.5, 0.6) is 5.75 Å². The van der Waals surface area contributed by atoms with Gasteiger partial charge in [-0.1, -0.05) is 25.3 Å². The molecule has 0 bridgehead atoms. The van der Waals surface area contributed by atoms with Gasteiger partial charge in [0.1, 0.15) is 5.75 Å². The summed E-state index contributed by atoms with van der Waals surface area (Å²) in [6.45, 7) is 3.63. The van der Waals surface area contributed by atoms with E-state index in [-0.39, 0.29) is 11.7 Å². The summed E-state index contributed by atoms with van der Waals surface area (Å²) < 4.78 is 0. The Labute approximate surface area is 120 Å². The van der Waals surface area contributed by atoms with Crippen LogP contribution in [0, 0.1) is 18.8 Å². The van der Waals surface area contributed by atoms with Crippen molar-refractivity contribution in [3.05, 3.63) is 29.3 Å². The van der Waals surface area contributed by atoms with E-state index < -0.39 is 0 Å². The third-order valence-electron chi connectivity index (χ3n) is 4.96. The van der Waals surface area contributed by atoms with Crippen molar-refractivity contribution >= 4 is 5.91 Å². The topological polar surface area (TPSA) is 40.5 Å². The lowest BCUT2D eigenvalue weighted by molar-refractivity contribution is 0.0518. The van der Waals surface area contributed by atoms with Gasteiger partial charge in [-0.25, -0.2) is 0 Å². The molecule has 2 aliphatic rings. The van der Waals surface area contributed by atoms with E-state index in [1.54, 1.807) is 12.1 Å². The molecule has 0 radical (unpaired) electrons. The molecular formula is C17H23NO2. The Kier molecular flexibility index (Phi) is 3.68. The molecule has 1 aromatic carbocycles. The molecule has 0 aromatic heterocycles. The minimum absolute atomic E-state index is 0.00785. The Morgan fingerprint density at radius 2 is 1.95 bits per heavy atom. The average molecular weight is 273 g/mol. The van der Waals surface area contributed by atoms with Gasteiger partial charge in [-0.3, -0.25) is 4.79 Å². The van der Waals surface area contributed by atoms with Gasteiger partial charge in [-0.15, -0.1) is 0 Å². The van der Waals surface area contributed by atoms with Crippen molar-refractivity contribution in [2.24, 2.45) is 11.8 Å². The van der Waals surface area contributed by atoms with Crippen LogP contribution in [0.25, 0.3) is 0 Å². The van der Waals surface area contributed by atoms with Crippen molar-refractivity contribution in [2.75, 3.05) is 13.1 Å². The summed E-state index contributed by atoms with van der Waals surface area (Å²) in [6, 6.07) is 5.31. The van der Waals surface area contributed by atoms with Crippen LogP contribution < -0.4 is 0 Å². The predicted octanol–water partition coefficient (Wildman–Crippen LogP) is 3.35. The Morgan fingerprint density at radius 3 is 2.70 bits per heavy atom. The molecule has 20 heavy (non-hydrogen) atoms. The van der Waals surface area contributed by atoms with E-state index in [9.17, 15) is 9.90 Å². The molecule has 1 amide bonds. The molecule has 1 saturated heterocycles. The molecule has 1 saturated carbocycles. The van der Waals surface area contributed by atoms with E-state index in [0.29, 0.717) is 11.5 Å². The summed E-state index contributed by atoms with van der Waals surface area (Å²) in [6.07, 6.45) is 6.38. The number of piperidine rings is 1. The number of likely N-dealkylation sites (tertiary alicyclic amines) is 1. The first-order chi connectivity index (χ1) is 9.65. The van der Waals surface area contributed by atoms with Crippen LogP contribution in [-0.4, -0.2) is 29.0 Å². The lowest BCUT2D eigenvalue weighted by atomic mass is 9.75. The number of nitrogens with zero attached hydrogens (tertiary/aromatic N) is 1. The molecule has 3 heteroatoms. The highest BCUT2D eigenvalue weighted by Gasteiger charge is 2.33. The molecule has 2 atom stereocenters. The lowest BCUT2D eigenvalue weighted by Crippen LogP contribution is -2.44. The number of fused-ring (bicyclic) bond motifs is 1. The molecule has 108 valence electrons. The highest BCUT2D eigenvalue weighted by Crippen LogP contribution is 2.36. The van der Waals surface area contributed by atoms with Gasteiger partial charge in [0.05, 0.1) is 5.56 Å². The van der Waals surface area contributed by atoms with Crippen LogP contribution in [0.15, 0.2) is 18.2 Å². The number of aryl methyl sites for hydroxylation is 1. The first-order valence-corrected chi connectivity index (χ1v) is 7.74. The number of hydrogen-bond donors (Lipinski definition) is 1. The number of hydrogen-bond acceptors (Lipinski definition) is 2. The molecule has 0 spiro atoms. The Hall–Kier alpha value is -1.51. The fourth-order valence-electron chi connectivity index (χ4n) is 3.78. The largest absolute Gasteiger partial charge is 0.507 e. The van der Waals surface area contributed by atoms with Gasteiger partial charge in [-0.2, -0.15) is 0 Å². The van der Waals surface area contributed by atoms with Gasteiger partial charge in [0, 0.05) is 13.1 Å². The molecule has 1 aliphatic carbocycles. The second kappa shape index (κ2) is 5.47. The zero-order valence-corrected chi connectivity index (χ0v) is 12.1. The fourth-order valence-corrected chi connectivity index (χ4v) is 3.78. The highest BCUT2D eigenvalue weighted by molar-refractivity contribution is 5.97. The number of phenolic OH excluding ortho intramolecular Hbond substituents is 1. The van der Waals surface area contributed by atoms with Crippen molar-refractivity contribution in [3.63, 3.8) is 0 Å². The molecule has 1 N–H and O–H groups in total. The highest BCUT2D eigenvalue weighted by atomic mass is 16.3. The van der Waals surface area contributed by atoms with Crippen molar-refractivity contribution in [2.45, 2.75) is 39.0 Å². The summed E-state index contributed by atoms with van der Waals surface area (Å²) >= 11 is 0. The van der Waals surface area contributed by atoms with E-state index in [2.05, 4.69) is 0 Å². The lowest BCUT2D eigenvalue weighted by Gasteiger charge is -2.41. The Bertz CT molecular complexity index is 512. The van der Waals surface area contributed by atoms with E-state index in [4.69, 9.17) is 0 Å². The maximum Gasteiger partial charge on any atom is 0.257 e. The third kappa shape index (κ3) is 2.54. The third-order valence-corrected chi connectivity index (χ3v) is 4.96. The predicted molar refractivity (Wildman–Crippen MR) is 78.8 cm³/mol. The zero-order chi connectivity index (χ0) is 14.1. The number of carbonyl (C=O) groups excluding carboxylic acids is 1. The summed E-state index contributed by atoms with van der Waals surface area (Å²) in [7, 11) is 0. The number of amides is 1. The molecule has 2 fully saturated rings. The van der Waals surface area contributed by atoms with Gasteiger partial charge in [-0.05, 0) is 49.3 Å². The molecule has 1 aromatic rings. The smallest absolute Gasteiger partial charge is 0.257 e. The molecule has 1 aliphatic heterocycles. The van der Waals surface area contributed by atoms with Crippen LogP contribution in [0.1, 0.15) is 48.0 Å². The molecule has 3 nitrogen and oxygen atoms in total. The number of carbonyl (C=O) groups is 1. The van der Waals surface area contributed by atoms with E-state index in [0.717, 1.165) is 31.0 Å². The minimum Gasteiger partial charge on any atom is -0.507 e. The Balaban J connectivity index is 1.74. The zero-order valence-electron chi connectivity index (χ0n) is 12.1. The quantitative estimate of drug-likeness (QED) is 0.852. The van der Waals surface area contributed by atoms with Crippen LogP contribution >= 0.6 is 0 Å². The molecule has 2 unspecified atom stereocenters. The van der Waals surface area contributed by atoms with Crippen molar-refractivity contribution < 1.29 is 9.90 Å². The molecular weight excluding hydrogens is 250 g/mol. The summed E-state index contributed by atoms with van der Waals surface area (Å²) in [5.41, 5.74) is 1.43. The number of aromatic hydroxyl groups is 1. The van der Waals surface area contributed by atoms with Crippen LogP contribution in [0.3, 0.4) is 0 Å². The average Bonchev–Trinajstić information content (AvgIpc) is 2.46. The molecule has 1 heterocycles. The van der Waals surface area contributed by atoms with Crippen LogP contribution in [0.2, 0.25) is 0 Å². The number of phenols is 1.